The number of aromatic nitrogens is 5. The Morgan fingerprint density at radius 1 is 1.07 bits per heavy atom. The number of rotatable bonds is 5. The standard InChI is InChI=1S/C20H22N6O2/c27-19-8-6-16(22-23-19)7-9-20(28)25-11-10-18-21-17(24-26(18)13-12-25)14-15-4-2-1-3-5-15/h1-6,8H,7,9-14H2,(H,23,27). The van der Waals surface area contributed by atoms with Gasteiger partial charge in [0.15, 0.2) is 5.82 Å². The first-order valence-electron chi connectivity index (χ1n) is 9.46. The van der Waals surface area contributed by atoms with Crippen molar-refractivity contribution in [3.05, 3.63) is 75.7 Å². The number of fused-ring (bicyclic) bond motifs is 1. The summed E-state index contributed by atoms with van der Waals surface area (Å²) in [5.41, 5.74) is 1.66. The second-order valence-electron chi connectivity index (χ2n) is 6.87. The third-order valence-corrected chi connectivity index (χ3v) is 4.87. The van der Waals surface area contributed by atoms with E-state index in [2.05, 4.69) is 32.4 Å². The van der Waals surface area contributed by atoms with E-state index in [1.165, 1.54) is 11.6 Å². The lowest BCUT2D eigenvalue weighted by molar-refractivity contribution is -0.131. The van der Waals surface area contributed by atoms with Gasteiger partial charge in [0.2, 0.25) is 5.91 Å². The SMILES string of the molecule is O=C(CCc1ccc(=O)[nH]n1)N1CCc2nc(Cc3ccccc3)nn2CC1. The second kappa shape index (κ2) is 8.16. The summed E-state index contributed by atoms with van der Waals surface area (Å²) in [5, 5.41) is 11.0. The fraction of sp³-hybridized carbons (Fsp3) is 0.350. The molecule has 3 heterocycles. The van der Waals surface area contributed by atoms with Crippen LogP contribution in [0.25, 0.3) is 0 Å². The fourth-order valence-corrected chi connectivity index (χ4v) is 3.36. The zero-order chi connectivity index (χ0) is 19.3. The molecule has 0 saturated carbocycles. The van der Waals surface area contributed by atoms with E-state index < -0.39 is 0 Å². The molecule has 4 rings (SSSR count). The molecule has 1 amide bonds. The molecule has 28 heavy (non-hydrogen) atoms. The van der Waals surface area contributed by atoms with Crippen LogP contribution in [0, 0.1) is 0 Å². The van der Waals surface area contributed by atoms with Gasteiger partial charge in [-0.05, 0) is 11.6 Å². The molecule has 0 fully saturated rings. The third kappa shape index (κ3) is 4.33. The van der Waals surface area contributed by atoms with Crippen LogP contribution in [0.1, 0.15) is 29.3 Å². The van der Waals surface area contributed by atoms with Crippen LogP contribution in [0.4, 0.5) is 0 Å². The molecule has 0 aliphatic carbocycles. The van der Waals surface area contributed by atoms with Crippen LogP contribution in [-0.4, -0.2) is 48.9 Å². The van der Waals surface area contributed by atoms with Crippen molar-refractivity contribution in [2.45, 2.75) is 32.2 Å². The lowest BCUT2D eigenvalue weighted by Crippen LogP contribution is -2.34. The smallest absolute Gasteiger partial charge is 0.264 e. The normalized spacial score (nSPS) is 13.8. The molecule has 0 radical (unpaired) electrons. The molecule has 3 aromatic rings. The van der Waals surface area contributed by atoms with Crippen molar-refractivity contribution in [2.75, 3.05) is 13.1 Å². The number of benzene rings is 1. The monoisotopic (exact) mass is 378 g/mol. The zero-order valence-corrected chi connectivity index (χ0v) is 15.5. The summed E-state index contributed by atoms with van der Waals surface area (Å²) in [4.78, 5) is 30.1. The summed E-state index contributed by atoms with van der Waals surface area (Å²) < 4.78 is 1.93. The molecule has 8 heteroatoms. The van der Waals surface area contributed by atoms with Gasteiger partial charge in [0.05, 0.1) is 12.2 Å². The highest BCUT2D eigenvalue weighted by molar-refractivity contribution is 5.76. The number of hydrogen-bond acceptors (Lipinski definition) is 5. The van der Waals surface area contributed by atoms with Crippen LogP contribution in [0.2, 0.25) is 0 Å². The van der Waals surface area contributed by atoms with E-state index in [4.69, 9.17) is 0 Å². The number of amides is 1. The van der Waals surface area contributed by atoms with Crippen molar-refractivity contribution in [3.8, 4) is 0 Å². The second-order valence-corrected chi connectivity index (χ2v) is 6.87. The number of carbonyl (C=O) groups is 1. The van der Waals surface area contributed by atoms with Gasteiger partial charge in [-0.15, -0.1) is 0 Å². The summed E-state index contributed by atoms with van der Waals surface area (Å²) in [6.07, 6.45) is 2.30. The van der Waals surface area contributed by atoms with Crippen LogP contribution in [-0.2, 0) is 30.6 Å². The van der Waals surface area contributed by atoms with Crippen molar-refractivity contribution >= 4 is 5.91 Å². The largest absolute Gasteiger partial charge is 0.340 e. The topological polar surface area (TPSA) is 96.8 Å². The summed E-state index contributed by atoms with van der Waals surface area (Å²) >= 11 is 0. The minimum absolute atomic E-state index is 0.0864. The molecular formula is C20H22N6O2. The summed E-state index contributed by atoms with van der Waals surface area (Å²) in [5.74, 6) is 1.84. The average molecular weight is 378 g/mol. The Bertz CT molecular complexity index is 965. The Hall–Kier alpha value is -3.29. The number of carbonyl (C=O) groups excluding carboxylic acids is 1. The molecule has 0 atom stereocenters. The number of aryl methyl sites for hydroxylation is 1. The molecule has 1 N–H and O–H groups in total. The van der Waals surface area contributed by atoms with Gasteiger partial charge in [0, 0.05) is 44.8 Å². The third-order valence-electron chi connectivity index (χ3n) is 4.87. The van der Waals surface area contributed by atoms with Gasteiger partial charge in [0.25, 0.3) is 5.56 Å². The molecule has 0 saturated heterocycles. The quantitative estimate of drug-likeness (QED) is 0.714. The number of aromatic amines is 1. The maximum Gasteiger partial charge on any atom is 0.264 e. The number of nitrogens with zero attached hydrogens (tertiary/aromatic N) is 5. The van der Waals surface area contributed by atoms with E-state index in [0.29, 0.717) is 44.6 Å². The van der Waals surface area contributed by atoms with Crippen LogP contribution in [0.15, 0.2) is 47.3 Å². The maximum absolute atomic E-state index is 12.5. The molecule has 0 bridgehead atoms. The first kappa shape index (κ1) is 18.1. The van der Waals surface area contributed by atoms with Gasteiger partial charge in [-0.3, -0.25) is 9.59 Å². The van der Waals surface area contributed by atoms with Crippen molar-refractivity contribution < 1.29 is 4.79 Å². The molecule has 0 spiro atoms. The van der Waals surface area contributed by atoms with Gasteiger partial charge in [0.1, 0.15) is 5.82 Å². The lowest BCUT2D eigenvalue weighted by atomic mass is 10.1. The van der Waals surface area contributed by atoms with E-state index >= 15 is 0 Å². The minimum atomic E-state index is -0.240. The lowest BCUT2D eigenvalue weighted by Gasteiger charge is -2.19. The first-order chi connectivity index (χ1) is 13.7. The number of nitrogens with one attached hydrogen (secondary N) is 1. The average Bonchev–Trinajstić information content (AvgIpc) is 2.98. The van der Waals surface area contributed by atoms with Gasteiger partial charge in [-0.25, -0.2) is 14.8 Å². The molecule has 1 aliphatic rings. The highest BCUT2D eigenvalue weighted by Crippen LogP contribution is 2.12. The molecule has 1 aromatic carbocycles. The Kier molecular flexibility index (Phi) is 5.27. The van der Waals surface area contributed by atoms with E-state index in [0.717, 1.165) is 18.1 Å². The van der Waals surface area contributed by atoms with Gasteiger partial charge in [-0.2, -0.15) is 10.2 Å². The number of hydrogen-bond donors (Lipinski definition) is 1. The van der Waals surface area contributed by atoms with Crippen molar-refractivity contribution in [2.24, 2.45) is 0 Å². The molecule has 0 unspecified atom stereocenters. The molecular weight excluding hydrogens is 356 g/mol. The predicted octanol–water partition coefficient (Wildman–Crippen LogP) is 0.970. The first-order valence-corrected chi connectivity index (χ1v) is 9.46. The Balaban J connectivity index is 1.33. The van der Waals surface area contributed by atoms with Gasteiger partial charge in [-0.1, -0.05) is 30.3 Å². The van der Waals surface area contributed by atoms with Crippen LogP contribution < -0.4 is 5.56 Å². The van der Waals surface area contributed by atoms with Crippen LogP contribution in [0.5, 0.6) is 0 Å². The van der Waals surface area contributed by atoms with Crippen LogP contribution >= 0.6 is 0 Å². The van der Waals surface area contributed by atoms with Crippen molar-refractivity contribution in [3.63, 3.8) is 0 Å². The zero-order valence-electron chi connectivity index (χ0n) is 15.5. The Labute approximate surface area is 162 Å². The van der Waals surface area contributed by atoms with E-state index in [1.807, 2.05) is 27.8 Å². The van der Waals surface area contributed by atoms with Crippen molar-refractivity contribution in [1.82, 2.24) is 29.9 Å². The highest BCUT2D eigenvalue weighted by Gasteiger charge is 2.20. The summed E-state index contributed by atoms with van der Waals surface area (Å²) in [6, 6.07) is 13.3. The minimum Gasteiger partial charge on any atom is -0.340 e. The van der Waals surface area contributed by atoms with Gasteiger partial charge < -0.3 is 4.90 Å². The predicted molar refractivity (Wildman–Crippen MR) is 103 cm³/mol. The van der Waals surface area contributed by atoms with Crippen molar-refractivity contribution in [1.29, 1.82) is 0 Å². The van der Waals surface area contributed by atoms with E-state index in [1.54, 1.807) is 6.07 Å². The van der Waals surface area contributed by atoms with Gasteiger partial charge >= 0.3 is 0 Å². The fourth-order valence-electron chi connectivity index (χ4n) is 3.36. The van der Waals surface area contributed by atoms with Crippen LogP contribution in [0.3, 0.4) is 0 Å². The molecule has 1 aliphatic heterocycles. The Morgan fingerprint density at radius 2 is 1.93 bits per heavy atom. The summed E-state index contributed by atoms with van der Waals surface area (Å²) in [6.45, 7) is 1.92. The molecule has 8 nitrogen and oxygen atoms in total. The highest BCUT2D eigenvalue weighted by atomic mass is 16.2. The molecule has 144 valence electrons. The Morgan fingerprint density at radius 3 is 2.71 bits per heavy atom. The molecule has 2 aromatic heterocycles. The maximum atomic E-state index is 12.5. The van der Waals surface area contributed by atoms with E-state index in [9.17, 15) is 9.59 Å². The van der Waals surface area contributed by atoms with E-state index in [-0.39, 0.29) is 11.5 Å². The summed E-state index contributed by atoms with van der Waals surface area (Å²) in [7, 11) is 0. The number of H-pyrrole nitrogens is 1.